The van der Waals surface area contributed by atoms with E-state index in [-0.39, 0.29) is 5.91 Å². The van der Waals surface area contributed by atoms with Crippen molar-refractivity contribution >= 4 is 16.7 Å². The van der Waals surface area contributed by atoms with Crippen molar-refractivity contribution in [3.05, 3.63) is 89.7 Å². The third kappa shape index (κ3) is 4.21. The lowest BCUT2D eigenvalue weighted by atomic mass is 9.95. The van der Waals surface area contributed by atoms with Gasteiger partial charge in [-0.3, -0.25) is 9.78 Å². The molecule has 0 saturated heterocycles. The van der Waals surface area contributed by atoms with Crippen LogP contribution in [0, 0.1) is 6.92 Å². The first-order chi connectivity index (χ1) is 15.1. The molecule has 1 heterocycles. The maximum absolute atomic E-state index is 12.6. The summed E-state index contributed by atoms with van der Waals surface area (Å²) in [5, 5.41) is 5.11. The van der Waals surface area contributed by atoms with E-state index in [1.54, 1.807) is 38.6 Å². The van der Waals surface area contributed by atoms with Gasteiger partial charge in [-0.15, -0.1) is 0 Å². The highest BCUT2D eigenvalue weighted by Crippen LogP contribution is 2.33. The molecule has 5 nitrogen and oxygen atoms in total. The van der Waals surface area contributed by atoms with Gasteiger partial charge in [-0.2, -0.15) is 0 Å². The number of nitrogens with zero attached hydrogens (tertiary/aromatic N) is 1. The van der Waals surface area contributed by atoms with Crippen molar-refractivity contribution in [1.29, 1.82) is 0 Å². The predicted octanol–water partition coefficient (Wildman–Crippen LogP) is 5.16. The van der Waals surface area contributed by atoms with Crippen LogP contribution in [0.25, 0.3) is 21.9 Å². The van der Waals surface area contributed by atoms with Gasteiger partial charge in [0.05, 0.1) is 14.2 Å². The molecule has 1 amide bonds. The predicted molar refractivity (Wildman–Crippen MR) is 123 cm³/mol. The molecule has 0 fully saturated rings. The minimum absolute atomic E-state index is 0.147. The maximum atomic E-state index is 12.6. The first-order valence-electron chi connectivity index (χ1n) is 10.0. The minimum atomic E-state index is -0.147. The zero-order chi connectivity index (χ0) is 21.8. The van der Waals surface area contributed by atoms with Gasteiger partial charge in [0.25, 0.3) is 5.91 Å². The maximum Gasteiger partial charge on any atom is 0.251 e. The third-order valence-corrected chi connectivity index (χ3v) is 5.39. The van der Waals surface area contributed by atoms with Gasteiger partial charge in [-0.25, -0.2) is 0 Å². The normalized spacial score (nSPS) is 10.7. The standard InChI is InChI=1S/C26H24N2O3/c1-17-13-18(8-10-25(17)31-3)22-9-7-20(24-16-27-12-11-23(22)24)15-28-26(29)19-5-4-6-21(14-19)30-2/h4-14,16H,15H2,1-3H3,(H,28,29). The number of hydrogen-bond acceptors (Lipinski definition) is 4. The Labute approximate surface area is 181 Å². The molecule has 0 aliphatic rings. The van der Waals surface area contributed by atoms with E-state index in [4.69, 9.17) is 9.47 Å². The average Bonchev–Trinajstić information content (AvgIpc) is 2.82. The first-order valence-corrected chi connectivity index (χ1v) is 10.0. The van der Waals surface area contributed by atoms with Gasteiger partial charge < -0.3 is 14.8 Å². The fourth-order valence-corrected chi connectivity index (χ4v) is 3.74. The number of pyridine rings is 1. The number of methoxy groups -OCH3 is 2. The van der Waals surface area contributed by atoms with E-state index in [2.05, 4.69) is 28.5 Å². The molecular weight excluding hydrogens is 388 g/mol. The van der Waals surface area contributed by atoms with Crippen LogP contribution in [0.4, 0.5) is 0 Å². The van der Waals surface area contributed by atoms with E-state index >= 15 is 0 Å². The lowest BCUT2D eigenvalue weighted by Crippen LogP contribution is -2.22. The monoisotopic (exact) mass is 412 g/mol. The molecule has 0 spiro atoms. The van der Waals surface area contributed by atoms with Crippen LogP contribution < -0.4 is 14.8 Å². The van der Waals surface area contributed by atoms with Crippen molar-refractivity contribution in [2.45, 2.75) is 13.5 Å². The van der Waals surface area contributed by atoms with E-state index in [1.165, 1.54) is 0 Å². The van der Waals surface area contributed by atoms with Gasteiger partial charge in [-0.05, 0) is 71.0 Å². The SMILES string of the molecule is COc1cccc(C(=O)NCc2ccc(-c3ccc(OC)c(C)c3)c3ccncc23)c1. The Morgan fingerprint density at radius 1 is 0.968 bits per heavy atom. The molecule has 31 heavy (non-hydrogen) atoms. The quantitative estimate of drug-likeness (QED) is 0.475. The Morgan fingerprint density at radius 2 is 1.84 bits per heavy atom. The van der Waals surface area contributed by atoms with Crippen molar-refractivity contribution < 1.29 is 14.3 Å². The number of rotatable bonds is 6. The summed E-state index contributed by atoms with van der Waals surface area (Å²) in [5.41, 5.74) is 4.88. The highest BCUT2D eigenvalue weighted by atomic mass is 16.5. The molecule has 0 unspecified atom stereocenters. The Kier molecular flexibility index (Phi) is 5.85. The minimum Gasteiger partial charge on any atom is -0.497 e. The number of carbonyl (C=O) groups is 1. The zero-order valence-electron chi connectivity index (χ0n) is 17.8. The fraction of sp³-hybridized carbons (Fsp3) is 0.154. The third-order valence-electron chi connectivity index (χ3n) is 5.39. The number of aromatic nitrogens is 1. The number of aryl methyl sites for hydroxylation is 1. The molecule has 156 valence electrons. The molecule has 0 atom stereocenters. The molecule has 1 aromatic heterocycles. The number of ether oxygens (including phenoxy) is 2. The second-order valence-corrected chi connectivity index (χ2v) is 7.29. The lowest BCUT2D eigenvalue weighted by molar-refractivity contribution is 0.0950. The molecule has 1 N–H and O–H groups in total. The molecule has 4 rings (SSSR count). The second kappa shape index (κ2) is 8.88. The number of nitrogens with one attached hydrogen (secondary N) is 1. The Bertz CT molecular complexity index is 1250. The molecule has 3 aromatic carbocycles. The van der Waals surface area contributed by atoms with Gasteiger partial charge in [-0.1, -0.05) is 24.3 Å². The Balaban J connectivity index is 1.64. The molecule has 0 saturated carbocycles. The zero-order valence-corrected chi connectivity index (χ0v) is 17.8. The summed E-state index contributed by atoms with van der Waals surface area (Å²) < 4.78 is 10.6. The van der Waals surface area contributed by atoms with Crippen molar-refractivity contribution in [2.24, 2.45) is 0 Å². The van der Waals surface area contributed by atoms with Crippen LogP contribution in [-0.4, -0.2) is 25.1 Å². The van der Waals surface area contributed by atoms with Crippen LogP contribution >= 0.6 is 0 Å². The van der Waals surface area contributed by atoms with Crippen LogP contribution in [-0.2, 0) is 6.54 Å². The van der Waals surface area contributed by atoms with Gasteiger partial charge in [0.1, 0.15) is 11.5 Å². The smallest absolute Gasteiger partial charge is 0.251 e. The van der Waals surface area contributed by atoms with E-state index in [9.17, 15) is 4.79 Å². The van der Waals surface area contributed by atoms with Gasteiger partial charge in [0, 0.05) is 29.9 Å². The summed E-state index contributed by atoms with van der Waals surface area (Å²) in [7, 11) is 3.26. The van der Waals surface area contributed by atoms with Crippen LogP contribution in [0.2, 0.25) is 0 Å². The van der Waals surface area contributed by atoms with Crippen molar-refractivity contribution in [3.63, 3.8) is 0 Å². The van der Waals surface area contributed by atoms with Gasteiger partial charge >= 0.3 is 0 Å². The van der Waals surface area contributed by atoms with Crippen LogP contribution in [0.5, 0.6) is 11.5 Å². The molecule has 0 bridgehead atoms. The summed E-state index contributed by atoms with van der Waals surface area (Å²) in [4.78, 5) is 16.9. The molecule has 5 heteroatoms. The van der Waals surface area contributed by atoms with Crippen molar-refractivity contribution in [2.75, 3.05) is 14.2 Å². The second-order valence-electron chi connectivity index (χ2n) is 7.29. The first kappa shape index (κ1) is 20.4. The summed E-state index contributed by atoms with van der Waals surface area (Å²) in [5.74, 6) is 1.37. The average molecular weight is 412 g/mol. The van der Waals surface area contributed by atoms with Crippen LogP contribution in [0.15, 0.2) is 73.1 Å². The summed E-state index contributed by atoms with van der Waals surface area (Å²) in [6, 6.07) is 19.4. The summed E-state index contributed by atoms with van der Waals surface area (Å²) >= 11 is 0. The highest BCUT2D eigenvalue weighted by molar-refractivity contribution is 5.99. The number of hydrogen-bond donors (Lipinski definition) is 1. The molecule has 0 aliphatic carbocycles. The van der Waals surface area contributed by atoms with E-state index in [1.807, 2.05) is 37.4 Å². The lowest BCUT2D eigenvalue weighted by Gasteiger charge is -2.14. The van der Waals surface area contributed by atoms with E-state index in [0.29, 0.717) is 17.9 Å². The largest absolute Gasteiger partial charge is 0.497 e. The van der Waals surface area contributed by atoms with E-state index < -0.39 is 0 Å². The Morgan fingerprint density at radius 3 is 2.61 bits per heavy atom. The van der Waals surface area contributed by atoms with Crippen molar-refractivity contribution in [3.8, 4) is 22.6 Å². The van der Waals surface area contributed by atoms with Gasteiger partial charge in [0.2, 0.25) is 0 Å². The molecule has 0 aliphatic heterocycles. The molecule has 4 aromatic rings. The highest BCUT2D eigenvalue weighted by Gasteiger charge is 2.12. The topological polar surface area (TPSA) is 60.5 Å². The molecule has 0 radical (unpaired) electrons. The van der Waals surface area contributed by atoms with Crippen LogP contribution in [0.3, 0.4) is 0 Å². The number of fused-ring (bicyclic) bond motifs is 1. The number of benzene rings is 3. The number of carbonyl (C=O) groups excluding carboxylic acids is 1. The van der Waals surface area contributed by atoms with Gasteiger partial charge in [0.15, 0.2) is 0 Å². The van der Waals surface area contributed by atoms with Crippen molar-refractivity contribution in [1.82, 2.24) is 10.3 Å². The molecular formula is C26H24N2O3. The summed E-state index contributed by atoms with van der Waals surface area (Å²) in [6.07, 6.45) is 3.64. The Hall–Kier alpha value is -3.86. The van der Waals surface area contributed by atoms with Crippen LogP contribution in [0.1, 0.15) is 21.5 Å². The summed E-state index contributed by atoms with van der Waals surface area (Å²) in [6.45, 7) is 2.44. The number of amides is 1. The fourth-order valence-electron chi connectivity index (χ4n) is 3.74. The van der Waals surface area contributed by atoms with E-state index in [0.717, 1.165) is 38.8 Å².